The third kappa shape index (κ3) is 2.40. The molecule has 2 aliphatic rings. The lowest BCUT2D eigenvalue weighted by Gasteiger charge is -2.32. The van der Waals surface area contributed by atoms with Crippen molar-refractivity contribution in [1.82, 2.24) is 0 Å². The van der Waals surface area contributed by atoms with Gasteiger partial charge in [-0.05, 0) is 57.1 Å². The minimum atomic E-state index is -0.737. The van der Waals surface area contributed by atoms with Gasteiger partial charge < -0.3 is 19.8 Å². The first kappa shape index (κ1) is 15.4. The summed E-state index contributed by atoms with van der Waals surface area (Å²) in [5.41, 5.74) is 7.58. The molecule has 1 atom stereocenters. The van der Waals surface area contributed by atoms with Gasteiger partial charge in [0.05, 0.1) is 11.2 Å². The van der Waals surface area contributed by atoms with Crippen LogP contribution in [0.2, 0.25) is 0 Å². The summed E-state index contributed by atoms with van der Waals surface area (Å²) in [5, 5.41) is 0. The molecule has 1 amide bonds. The van der Waals surface area contributed by atoms with Gasteiger partial charge in [0, 0.05) is 0 Å². The molecule has 118 valence electrons. The predicted molar refractivity (Wildman–Crippen MR) is 83.9 cm³/mol. The summed E-state index contributed by atoms with van der Waals surface area (Å²) in [6, 6.07) is 5.94. The van der Waals surface area contributed by atoms with Crippen molar-refractivity contribution in [2.75, 3.05) is 0 Å². The summed E-state index contributed by atoms with van der Waals surface area (Å²) in [5.74, 6) is 0. The van der Waals surface area contributed by atoms with Gasteiger partial charge in [-0.25, -0.2) is 4.79 Å². The van der Waals surface area contributed by atoms with Crippen LogP contribution in [0.15, 0.2) is 18.2 Å². The first-order valence-electron chi connectivity index (χ1n) is 7.65. The molecule has 5 nitrogen and oxygen atoms in total. The minimum Gasteiger partial charge on any atom is -0.441 e. The average molecular weight is 303 g/mol. The molecule has 0 aromatic heterocycles. The van der Waals surface area contributed by atoms with Crippen molar-refractivity contribution >= 4 is 18.7 Å². The molecule has 0 bridgehead atoms. The van der Waals surface area contributed by atoms with Crippen molar-refractivity contribution in [2.45, 2.75) is 57.8 Å². The number of hydrogen-bond acceptors (Lipinski definition) is 4. The van der Waals surface area contributed by atoms with Crippen LogP contribution in [0.1, 0.15) is 51.3 Å². The van der Waals surface area contributed by atoms with Gasteiger partial charge >= 0.3 is 13.2 Å². The molecule has 0 radical (unpaired) electrons. The predicted octanol–water partition coefficient (Wildman–Crippen LogP) is 2.07. The molecule has 1 aliphatic heterocycles. The number of benzene rings is 1. The Morgan fingerprint density at radius 2 is 1.91 bits per heavy atom. The van der Waals surface area contributed by atoms with Crippen molar-refractivity contribution < 1.29 is 18.8 Å². The first-order chi connectivity index (χ1) is 10.2. The third-order valence-corrected chi connectivity index (χ3v) is 5.02. The van der Waals surface area contributed by atoms with Crippen LogP contribution in [0.25, 0.3) is 0 Å². The van der Waals surface area contributed by atoms with E-state index in [1.165, 1.54) is 0 Å². The van der Waals surface area contributed by atoms with E-state index in [9.17, 15) is 4.79 Å². The van der Waals surface area contributed by atoms with E-state index < -0.39 is 13.2 Å². The maximum Gasteiger partial charge on any atom is 0.495 e. The molecule has 1 saturated heterocycles. The number of rotatable bonds is 2. The monoisotopic (exact) mass is 303 g/mol. The van der Waals surface area contributed by atoms with Gasteiger partial charge in [-0.3, -0.25) is 0 Å². The van der Waals surface area contributed by atoms with Crippen LogP contribution in [0, 0.1) is 0 Å². The Bertz CT molecular complexity index is 598. The highest BCUT2D eigenvalue weighted by atomic mass is 16.7. The van der Waals surface area contributed by atoms with Crippen LogP contribution in [-0.2, 0) is 20.5 Å². The van der Waals surface area contributed by atoms with Crippen LogP contribution in [0.4, 0.5) is 4.79 Å². The second kappa shape index (κ2) is 5.00. The Hall–Kier alpha value is -1.53. The maximum absolute atomic E-state index is 11.0. The smallest absolute Gasteiger partial charge is 0.441 e. The Morgan fingerprint density at radius 3 is 2.50 bits per heavy atom. The number of ether oxygens (including phenoxy) is 1. The quantitative estimate of drug-likeness (QED) is 0.849. The number of fused-ring (bicyclic) bond motifs is 1. The van der Waals surface area contributed by atoms with Crippen LogP contribution in [-0.4, -0.2) is 24.4 Å². The molecule has 1 fully saturated rings. The average Bonchev–Trinajstić information content (AvgIpc) is 2.88. The van der Waals surface area contributed by atoms with Gasteiger partial charge in [-0.1, -0.05) is 18.2 Å². The van der Waals surface area contributed by atoms with E-state index in [1.54, 1.807) is 0 Å². The van der Waals surface area contributed by atoms with Gasteiger partial charge in [0.15, 0.2) is 0 Å². The van der Waals surface area contributed by atoms with Crippen molar-refractivity contribution in [3.8, 4) is 0 Å². The van der Waals surface area contributed by atoms with E-state index in [0.29, 0.717) is 0 Å². The standard InChI is InChI=1S/C16H22BNO4/c1-15(2)16(3,4)22-17(21-15)12-7-5-6-11-10(12)8-9-13(11)20-14(18)19/h5-7,13H,8-9H2,1-4H3,(H2,18,19). The highest BCUT2D eigenvalue weighted by molar-refractivity contribution is 6.62. The van der Waals surface area contributed by atoms with E-state index in [1.807, 2.05) is 45.9 Å². The number of nitrogens with two attached hydrogens (primary N) is 1. The molecule has 0 saturated carbocycles. The summed E-state index contributed by atoms with van der Waals surface area (Å²) < 4.78 is 17.5. The number of amides is 1. The van der Waals surface area contributed by atoms with Crippen molar-refractivity contribution in [3.05, 3.63) is 29.3 Å². The Morgan fingerprint density at radius 1 is 1.27 bits per heavy atom. The van der Waals surface area contributed by atoms with E-state index in [-0.39, 0.29) is 17.3 Å². The van der Waals surface area contributed by atoms with Crippen LogP contribution in [0.5, 0.6) is 0 Å². The van der Waals surface area contributed by atoms with Crippen LogP contribution >= 0.6 is 0 Å². The third-order valence-electron chi connectivity index (χ3n) is 5.02. The zero-order chi connectivity index (χ0) is 16.1. The largest absolute Gasteiger partial charge is 0.495 e. The molecule has 1 aliphatic carbocycles. The molecule has 1 aromatic carbocycles. The minimum absolute atomic E-state index is 0.269. The maximum atomic E-state index is 11.0. The summed E-state index contributed by atoms with van der Waals surface area (Å²) in [6.45, 7) is 8.15. The highest BCUT2D eigenvalue weighted by Crippen LogP contribution is 2.38. The lowest BCUT2D eigenvalue weighted by Crippen LogP contribution is -2.41. The molecule has 0 spiro atoms. The summed E-state index contributed by atoms with van der Waals surface area (Å²) in [4.78, 5) is 11.0. The van der Waals surface area contributed by atoms with E-state index >= 15 is 0 Å². The number of carbonyl (C=O) groups is 1. The van der Waals surface area contributed by atoms with Gasteiger partial charge in [-0.2, -0.15) is 0 Å². The zero-order valence-corrected chi connectivity index (χ0v) is 13.5. The van der Waals surface area contributed by atoms with Gasteiger partial charge in [0.25, 0.3) is 0 Å². The number of primary amides is 1. The Balaban J connectivity index is 1.92. The lowest BCUT2D eigenvalue weighted by atomic mass is 9.75. The summed E-state index contributed by atoms with van der Waals surface area (Å²) in [7, 11) is -0.396. The Kier molecular flexibility index (Phi) is 3.49. The fourth-order valence-electron chi connectivity index (χ4n) is 3.10. The van der Waals surface area contributed by atoms with E-state index in [4.69, 9.17) is 19.8 Å². The van der Waals surface area contributed by atoms with Gasteiger partial charge in [-0.15, -0.1) is 0 Å². The Labute approximate surface area is 131 Å². The number of carbonyl (C=O) groups excluding carboxylic acids is 1. The lowest BCUT2D eigenvalue weighted by molar-refractivity contribution is 0.00578. The highest BCUT2D eigenvalue weighted by Gasteiger charge is 2.52. The molecule has 1 unspecified atom stereocenters. The van der Waals surface area contributed by atoms with Crippen molar-refractivity contribution in [2.24, 2.45) is 5.73 Å². The normalized spacial score (nSPS) is 25.1. The second-order valence-electron chi connectivity index (χ2n) is 6.97. The van der Waals surface area contributed by atoms with Crippen molar-refractivity contribution in [1.29, 1.82) is 0 Å². The molecule has 1 aromatic rings. The zero-order valence-electron chi connectivity index (χ0n) is 13.5. The van der Waals surface area contributed by atoms with Gasteiger partial charge in [0.1, 0.15) is 6.10 Å². The van der Waals surface area contributed by atoms with Crippen LogP contribution in [0.3, 0.4) is 0 Å². The SMILES string of the molecule is CC1(C)OB(c2cccc3c2CCC3OC(N)=O)OC1(C)C. The molecular formula is C16H22BNO4. The molecule has 3 rings (SSSR count). The first-order valence-corrected chi connectivity index (χ1v) is 7.65. The van der Waals surface area contributed by atoms with E-state index in [0.717, 1.165) is 29.4 Å². The summed E-state index contributed by atoms with van der Waals surface area (Å²) >= 11 is 0. The molecule has 1 heterocycles. The molecular weight excluding hydrogens is 281 g/mol. The summed E-state index contributed by atoms with van der Waals surface area (Å²) in [6.07, 6.45) is 0.566. The van der Waals surface area contributed by atoms with Gasteiger partial charge in [0.2, 0.25) is 0 Å². The fourth-order valence-corrected chi connectivity index (χ4v) is 3.10. The fraction of sp³-hybridized carbons (Fsp3) is 0.562. The molecule has 6 heteroatoms. The van der Waals surface area contributed by atoms with E-state index in [2.05, 4.69) is 0 Å². The molecule has 22 heavy (non-hydrogen) atoms. The van der Waals surface area contributed by atoms with Crippen LogP contribution < -0.4 is 11.2 Å². The van der Waals surface area contributed by atoms with Crippen molar-refractivity contribution in [3.63, 3.8) is 0 Å². The molecule has 2 N–H and O–H groups in total. The number of hydrogen-bond donors (Lipinski definition) is 1. The second-order valence-corrected chi connectivity index (χ2v) is 6.97. The topological polar surface area (TPSA) is 70.8 Å².